The fourth-order valence-corrected chi connectivity index (χ4v) is 3.06. The molecule has 0 fully saturated rings. The van der Waals surface area contributed by atoms with Crippen molar-refractivity contribution in [2.45, 2.75) is 20.8 Å². The van der Waals surface area contributed by atoms with Crippen molar-refractivity contribution >= 4 is 39.5 Å². The number of hydrogen-bond donors (Lipinski definition) is 0. The fraction of sp³-hybridized carbons (Fsp3) is 0.238. The number of esters is 1. The number of benzene rings is 2. The molecule has 0 N–H and O–H groups in total. The molecule has 2 aromatic carbocycles. The highest BCUT2D eigenvalue weighted by Gasteiger charge is 2.17. The zero-order chi connectivity index (χ0) is 20.3. The quantitative estimate of drug-likeness (QED) is 0.364. The van der Waals surface area contributed by atoms with E-state index in [4.69, 9.17) is 18.6 Å². The predicted molar refractivity (Wildman–Crippen MR) is 113 cm³/mol. The molecule has 3 aromatic rings. The number of rotatable bonds is 6. The first kappa shape index (κ1) is 20.2. The molecule has 7 heteroatoms. The van der Waals surface area contributed by atoms with E-state index in [1.165, 1.54) is 0 Å². The summed E-state index contributed by atoms with van der Waals surface area (Å²) >= 11 is 2.20. The zero-order valence-corrected chi connectivity index (χ0v) is 17.9. The summed E-state index contributed by atoms with van der Waals surface area (Å²) in [5.74, 6) is 1.06. The second-order valence-corrected chi connectivity index (χ2v) is 7.28. The third kappa shape index (κ3) is 4.30. The number of carbonyl (C=O) groups excluding carboxylic acids is 1. The van der Waals surface area contributed by atoms with E-state index in [9.17, 15) is 9.59 Å². The number of hydrogen-bond acceptors (Lipinski definition) is 6. The van der Waals surface area contributed by atoms with Gasteiger partial charge in [0.15, 0.2) is 6.61 Å². The van der Waals surface area contributed by atoms with Gasteiger partial charge in [-0.15, -0.1) is 0 Å². The molecule has 0 bridgehead atoms. The summed E-state index contributed by atoms with van der Waals surface area (Å²) in [4.78, 5) is 24.4. The first-order chi connectivity index (χ1) is 13.4. The molecule has 1 aromatic heterocycles. The third-order valence-corrected chi connectivity index (χ3v) is 4.79. The Morgan fingerprint density at radius 2 is 1.82 bits per heavy atom. The lowest BCUT2D eigenvalue weighted by Crippen LogP contribution is -2.15. The maximum atomic E-state index is 12.9. The van der Waals surface area contributed by atoms with E-state index >= 15 is 0 Å². The van der Waals surface area contributed by atoms with Gasteiger partial charge in [0.1, 0.15) is 22.8 Å². The second-order valence-electron chi connectivity index (χ2n) is 6.03. The van der Waals surface area contributed by atoms with Gasteiger partial charge in [-0.3, -0.25) is 4.79 Å². The summed E-state index contributed by atoms with van der Waals surface area (Å²) in [6.07, 6.45) is 0. The van der Waals surface area contributed by atoms with Crippen LogP contribution in [0, 0.1) is 17.4 Å². The number of halogens is 1. The Morgan fingerprint density at radius 1 is 1.11 bits per heavy atom. The predicted octanol–water partition coefficient (Wildman–Crippen LogP) is 4.75. The summed E-state index contributed by atoms with van der Waals surface area (Å²) in [7, 11) is 0. The van der Waals surface area contributed by atoms with Gasteiger partial charge in [0.25, 0.3) is 0 Å². The van der Waals surface area contributed by atoms with Gasteiger partial charge in [-0.1, -0.05) is 0 Å². The van der Waals surface area contributed by atoms with Crippen molar-refractivity contribution in [1.82, 2.24) is 0 Å². The molecule has 0 unspecified atom stereocenters. The van der Waals surface area contributed by atoms with Crippen molar-refractivity contribution in [1.29, 1.82) is 0 Å². The van der Waals surface area contributed by atoms with Crippen molar-refractivity contribution < 1.29 is 23.4 Å². The van der Waals surface area contributed by atoms with Crippen LogP contribution in [0.3, 0.4) is 0 Å². The summed E-state index contributed by atoms with van der Waals surface area (Å²) < 4.78 is 23.1. The van der Waals surface area contributed by atoms with Crippen LogP contribution in [0.25, 0.3) is 11.0 Å². The Morgan fingerprint density at radius 3 is 2.50 bits per heavy atom. The highest BCUT2D eigenvalue weighted by Crippen LogP contribution is 2.31. The van der Waals surface area contributed by atoms with Crippen LogP contribution in [0.15, 0.2) is 45.6 Å². The van der Waals surface area contributed by atoms with Crippen LogP contribution >= 0.6 is 22.6 Å². The van der Waals surface area contributed by atoms with Crippen molar-refractivity contribution in [3.05, 3.63) is 61.5 Å². The van der Waals surface area contributed by atoms with Crippen molar-refractivity contribution in [3.63, 3.8) is 0 Å². The van der Waals surface area contributed by atoms with E-state index in [-0.39, 0.29) is 24.4 Å². The van der Waals surface area contributed by atoms with Crippen LogP contribution in [0.4, 0.5) is 0 Å². The van der Waals surface area contributed by atoms with Crippen LogP contribution in [0.2, 0.25) is 0 Å². The molecule has 0 amide bonds. The van der Waals surface area contributed by atoms with Gasteiger partial charge in [-0.05, 0) is 79.8 Å². The smallest absolute Gasteiger partial charge is 0.344 e. The largest absolute Gasteiger partial charge is 0.481 e. The number of carbonyl (C=O) groups is 1. The van der Waals surface area contributed by atoms with Crippen LogP contribution in [-0.2, 0) is 9.53 Å². The fourth-order valence-electron chi connectivity index (χ4n) is 2.70. The summed E-state index contributed by atoms with van der Waals surface area (Å²) in [5, 5.41) is 0.382. The summed E-state index contributed by atoms with van der Waals surface area (Å²) in [6.45, 7) is 5.25. The van der Waals surface area contributed by atoms with Gasteiger partial charge in [-0.25, -0.2) is 4.79 Å². The molecular weight excluding hydrogens is 475 g/mol. The van der Waals surface area contributed by atoms with Gasteiger partial charge in [0, 0.05) is 9.13 Å². The minimum absolute atomic E-state index is 0.147. The Bertz CT molecular complexity index is 1070. The minimum Gasteiger partial charge on any atom is -0.481 e. The average molecular weight is 494 g/mol. The molecule has 0 saturated carbocycles. The number of ether oxygens (including phenoxy) is 3. The molecule has 146 valence electrons. The van der Waals surface area contributed by atoms with Crippen LogP contribution in [0.1, 0.15) is 18.2 Å². The maximum absolute atomic E-state index is 12.9. The molecule has 28 heavy (non-hydrogen) atoms. The number of fused-ring (bicyclic) bond motifs is 1. The van der Waals surface area contributed by atoms with E-state index in [1.54, 1.807) is 45.0 Å². The van der Waals surface area contributed by atoms with Crippen LogP contribution in [0.5, 0.6) is 17.2 Å². The molecule has 0 aliphatic carbocycles. The van der Waals surface area contributed by atoms with E-state index in [1.807, 2.05) is 12.1 Å². The van der Waals surface area contributed by atoms with Crippen molar-refractivity contribution in [2.24, 2.45) is 0 Å². The van der Waals surface area contributed by atoms with E-state index < -0.39 is 5.97 Å². The lowest BCUT2D eigenvalue weighted by atomic mass is 10.1. The molecule has 0 atom stereocenters. The highest BCUT2D eigenvalue weighted by molar-refractivity contribution is 14.1. The molecule has 0 aliphatic rings. The van der Waals surface area contributed by atoms with E-state index in [2.05, 4.69) is 22.6 Å². The van der Waals surface area contributed by atoms with Gasteiger partial charge in [-0.2, -0.15) is 0 Å². The Labute approximate surface area is 175 Å². The average Bonchev–Trinajstić information content (AvgIpc) is 2.67. The lowest BCUT2D eigenvalue weighted by molar-refractivity contribution is -0.145. The Hall–Kier alpha value is -2.55. The van der Waals surface area contributed by atoms with Gasteiger partial charge >= 0.3 is 5.97 Å². The first-order valence-electron chi connectivity index (χ1n) is 8.69. The SMILES string of the molecule is CCOC(=O)COc1ccc2c(=O)c(Oc3ccc(I)cc3)c(C)oc2c1C. The standard InChI is InChI=1S/C21H19IO6/c1-4-25-18(23)11-26-17-10-9-16-19(24)21(13(3)27-20(16)12(17)2)28-15-7-5-14(22)6-8-15/h5-10H,4,11H2,1-3H3. The monoisotopic (exact) mass is 494 g/mol. The van der Waals surface area contributed by atoms with Gasteiger partial charge in [0.2, 0.25) is 11.2 Å². The Balaban J connectivity index is 1.95. The van der Waals surface area contributed by atoms with Crippen molar-refractivity contribution in [2.75, 3.05) is 13.2 Å². The summed E-state index contributed by atoms with van der Waals surface area (Å²) in [6, 6.07) is 10.6. The summed E-state index contributed by atoms with van der Waals surface area (Å²) in [5.41, 5.74) is 0.763. The Kier molecular flexibility index (Phi) is 6.23. The van der Waals surface area contributed by atoms with Crippen molar-refractivity contribution in [3.8, 4) is 17.2 Å². The van der Waals surface area contributed by atoms with Crippen LogP contribution < -0.4 is 14.9 Å². The molecule has 0 aliphatic heterocycles. The molecule has 0 radical (unpaired) electrons. The topological polar surface area (TPSA) is 75.0 Å². The molecule has 0 saturated heterocycles. The highest BCUT2D eigenvalue weighted by atomic mass is 127. The zero-order valence-electron chi connectivity index (χ0n) is 15.7. The molecule has 6 nitrogen and oxygen atoms in total. The third-order valence-electron chi connectivity index (χ3n) is 4.07. The number of aryl methyl sites for hydroxylation is 2. The first-order valence-corrected chi connectivity index (χ1v) is 9.77. The second kappa shape index (κ2) is 8.64. The lowest BCUT2D eigenvalue weighted by Gasteiger charge is -2.13. The van der Waals surface area contributed by atoms with Gasteiger partial charge < -0.3 is 18.6 Å². The normalized spacial score (nSPS) is 10.7. The van der Waals surface area contributed by atoms with E-state index in [0.29, 0.717) is 33.8 Å². The molecule has 1 heterocycles. The minimum atomic E-state index is -0.458. The molecule has 3 rings (SSSR count). The molecular formula is C21H19IO6. The van der Waals surface area contributed by atoms with Crippen LogP contribution in [-0.4, -0.2) is 19.2 Å². The maximum Gasteiger partial charge on any atom is 0.344 e. The molecule has 0 spiro atoms. The van der Waals surface area contributed by atoms with E-state index in [0.717, 1.165) is 3.57 Å². The van der Waals surface area contributed by atoms with Gasteiger partial charge in [0.05, 0.1) is 12.0 Å².